The molecule has 0 aromatic heterocycles. The summed E-state index contributed by atoms with van der Waals surface area (Å²) in [5.74, 6) is -0.263. The second-order valence-electron chi connectivity index (χ2n) is 2.48. The van der Waals surface area contributed by atoms with Crippen LogP contribution in [0.2, 0.25) is 0 Å². The van der Waals surface area contributed by atoms with E-state index in [1.807, 2.05) is 0 Å². The molecule has 0 aromatic rings. The smallest absolute Gasteiger partial charge is 0.369 e. The zero-order valence-electron chi connectivity index (χ0n) is 9.29. The summed E-state index contributed by atoms with van der Waals surface area (Å²) in [6.07, 6.45) is 1.31. The number of rotatable bonds is 3. The Bertz CT molecular complexity index is 448. The van der Waals surface area contributed by atoms with Gasteiger partial charge >= 0.3 is 10.4 Å². The molecule has 104 valence electrons. The molecule has 18 heavy (non-hydrogen) atoms. The topological polar surface area (TPSA) is 228 Å². The Morgan fingerprint density at radius 3 is 1.72 bits per heavy atom. The molecule has 0 atom stereocenters. The van der Waals surface area contributed by atoms with Gasteiger partial charge in [-0.25, -0.2) is 0 Å². The van der Waals surface area contributed by atoms with Gasteiger partial charge in [0.1, 0.15) is 0 Å². The molecule has 0 bridgehead atoms. The van der Waals surface area contributed by atoms with Gasteiger partial charge in [-0.1, -0.05) is 0 Å². The molecule has 0 rings (SSSR count). The highest BCUT2D eigenvalue weighted by atomic mass is 32.3. The van der Waals surface area contributed by atoms with Crippen molar-refractivity contribution in [2.24, 2.45) is 43.3 Å². The Labute approximate surface area is 103 Å². The van der Waals surface area contributed by atoms with Crippen LogP contribution in [0.15, 0.2) is 20.4 Å². The van der Waals surface area contributed by atoms with Crippen LogP contribution in [-0.4, -0.2) is 41.4 Å². The highest BCUT2D eigenvalue weighted by Gasteiger charge is 1.85. The van der Waals surface area contributed by atoms with Crippen LogP contribution in [0.5, 0.6) is 0 Å². The zero-order valence-corrected chi connectivity index (χ0v) is 10.1. The fourth-order valence-corrected chi connectivity index (χ4v) is 0.342. The van der Waals surface area contributed by atoms with Crippen LogP contribution in [-0.2, 0) is 10.4 Å². The average molecular weight is 282 g/mol. The highest BCUT2D eigenvalue weighted by molar-refractivity contribution is 7.79. The number of nitrogens with two attached hydrogens (primary N) is 4. The first-order valence-electron chi connectivity index (χ1n) is 3.97. The largest absolute Gasteiger partial charge is 0.394 e. The van der Waals surface area contributed by atoms with Crippen LogP contribution in [0, 0.1) is 0 Å². The lowest BCUT2D eigenvalue weighted by molar-refractivity contribution is 0.381. The van der Waals surface area contributed by atoms with Crippen molar-refractivity contribution in [3.05, 3.63) is 0 Å². The third-order valence-corrected chi connectivity index (χ3v) is 0.741. The number of hydrogen-bond donors (Lipinski definition) is 6. The minimum atomic E-state index is -4.67. The molecule has 12 nitrogen and oxygen atoms in total. The van der Waals surface area contributed by atoms with Crippen molar-refractivity contribution in [2.45, 2.75) is 6.92 Å². The first-order valence-corrected chi connectivity index (χ1v) is 5.37. The summed E-state index contributed by atoms with van der Waals surface area (Å²) in [5.41, 5.74) is 20.5. The van der Waals surface area contributed by atoms with Crippen LogP contribution in [0.4, 0.5) is 0 Å². The summed E-state index contributed by atoms with van der Waals surface area (Å²) < 4.78 is 31.6. The summed E-state index contributed by atoms with van der Waals surface area (Å²) in [6.45, 7) is 1.64. The molecule has 0 amide bonds. The molecule has 0 aliphatic rings. The molecular weight excluding hydrogens is 268 g/mol. The average Bonchev–Trinajstić information content (AvgIpc) is 2.11. The Hall–Kier alpha value is -2.25. The minimum Gasteiger partial charge on any atom is -0.369 e. The third kappa shape index (κ3) is 29.2. The van der Waals surface area contributed by atoms with Gasteiger partial charge in [0, 0.05) is 0 Å². The lowest BCUT2D eigenvalue weighted by Crippen LogP contribution is -2.22. The molecule has 0 aromatic carbocycles. The quantitative estimate of drug-likeness (QED) is 0.137. The van der Waals surface area contributed by atoms with Gasteiger partial charge in [-0.3, -0.25) is 9.11 Å². The van der Waals surface area contributed by atoms with Gasteiger partial charge in [-0.2, -0.15) is 18.6 Å². The lowest BCUT2D eigenvalue weighted by atomic mass is 10.5. The van der Waals surface area contributed by atoms with E-state index in [0.29, 0.717) is 5.71 Å². The molecule has 13 heteroatoms. The Morgan fingerprint density at radius 1 is 1.00 bits per heavy atom. The molecule has 10 N–H and O–H groups in total. The Balaban J connectivity index is 0. The molecule has 0 saturated heterocycles. The van der Waals surface area contributed by atoms with E-state index in [-0.39, 0.29) is 11.9 Å². The Morgan fingerprint density at radius 2 is 1.39 bits per heavy atom. The maximum Gasteiger partial charge on any atom is 0.394 e. The predicted octanol–water partition coefficient (Wildman–Crippen LogP) is -2.76. The second-order valence-corrected chi connectivity index (χ2v) is 3.38. The van der Waals surface area contributed by atoms with E-state index in [2.05, 4.69) is 20.4 Å². The summed E-state index contributed by atoms with van der Waals surface area (Å²) in [7, 11) is -4.67. The van der Waals surface area contributed by atoms with E-state index in [4.69, 9.17) is 40.5 Å². The number of nitrogens with zero attached hydrogens (tertiary/aromatic N) is 4. The molecule has 0 aliphatic carbocycles. The number of hydrogen-bond acceptors (Lipinski definition) is 6. The van der Waals surface area contributed by atoms with Gasteiger partial charge in [0.15, 0.2) is 0 Å². The van der Waals surface area contributed by atoms with Crippen molar-refractivity contribution in [1.29, 1.82) is 0 Å². The van der Waals surface area contributed by atoms with Crippen molar-refractivity contribution in [1.82, 2.24) is 0 Å². The maximum absolute atomic E-state index is 8.74. The maximum atomic E-state index is 8.74. The monoisotopic (exact) mass is 282 g/mol. The third-order valence-electron chi connectivity index (χ3n) is 0.741. The standard InChI is InChI=1S/C5H12N8.H2O4S/c1-3(11-13-5(8)9)2-10-12-4(6)7;1-5(2,3)4/h2H,1H3,(H4,6,7,12)(H4,8,9,13);(H2,1,2,3,4)/b10-2-,11-3-;. The van der Waals surface area contributed by atoms with Gasteiger partial charge in [-0.05, 0) is 6.92 Å². The summed E-state index contributed by atoms with van der Waals surface area (Å²) in [6, 6.07) is 0. The first kappa shape index (κ1) is 18.1. The minimum absolute atomic E-state index is 0.130. The number of guanidine groups is 2. The molecule has 0 fully saturated rings. The van der Waals surface area contributed by atoms with Crippen LogP contribution < -0.4 is 22.9 Å². The molecule has 0 radical (unpaired) electrons. The van der Waals surface area contributed by atoms with Crippen LogP contribution >= 0.6 is 0 Å². The van der Waals surface area contributed by atoms with E-state index < -0.39 is 10.4 Å². The molecule has 0 saturated carbocycles. The summed E-state index contributed by atoms with van der Waals surface area (Å²) in [4.78, 5) is 0. The molecular formula is C5H14N8O4S. The van der Waals surface area contributed by atoms with E-state index >= 15 is 0 Å². The highest BCUT2D eigenvalue weighted by Crippen LogP contribution is 1.76. The van der Waals surface area contributed by atoms with E-state index in [9.17, 15) is 0 Å². The SMILES string of the molecule is CC(/C=N\N=C(N)N)=N/N=C(N)N.O=S(=O)(O)O. The van der Waals surface area contributed by atoms with Gasteiger partial charge in [0.2, 0.25) is 11.9 Å². The van der Waals surface area contributed by atoms with E-state index in [1.54, 1.807) is 6.92 Å². The molecule has 0 aliphatic heterocycles. The fourth-order valence-electron chi connectivity index (χ4n) is 0.342. The second kappa shape index (κ2) is 8.85. The van der Waals surface area contributed by atoms with Crippen LogP contribution in [0.3, 0.4) is 0 Å². The van der Waals surface area contributed by atoms with Crippen molar-refractivity contribution in [3.8, 4) is 0 Å². The van der Waals surface area contributed by atoms with Crippen molar-refractivity contribution >= 4 is 34.2 Å². The van der Waals surface area contributed by atoms with E-state index in [0.717, 1.165) is 0 Å². The van der Waals surface area contributed by atoms with Crippen molar-refractivity contribution in [2.75, 3.05) is 0 Å². The normalized spacial score (nSPS) is 11.4. The Kier molecular flexibility index (Phi) is 8.91. The summed E-state index contributed by atoms with van der Waals surface area (Å²) in [5, 5.41) is 13.8. The fraction of sp³-hybridized carbons (Fsp3) is 0.200. The van der Waals surface area contributed by atoms with Crippen molar-refractivity contribution in [3.63, 3.8) is 0 Å². The summed E-state index contributed by atoms with van der Waals surface area (Å²) >= 11 is 0. The van der Waals surface area contributed by atoms with Gasteiger partial charge in [0.25, 0.3) is 0 Å². The zero-order chi connectivity index (χ0) is 14.8. The van der Waals surface area contributed by atoms with Crippen LogP contribution in [0.1, 0.15) is 6.92 Å². The molecule has 0 spiro atoms. The first-order chi connectivity index (χ1) is 8.02. The lowest BCUT2D eigenvalue weighted by Gasteiger charge is -1.86. The predicted molar refractivity (Wildman–Crippen MR) is 67.4 cm³/mol. The van der Waals surface area contributed by atoms with Gasteiger partial charge in [-0.15, -0.1) is 10.2 Å². The van der Waals surface area contributed by atoms with E-state index in [1.165, 1.54) is 6.21 Å². The van der Waals surface area contributed by atoms with Crippen LogP contribution in [0.25, 0.3) is 0 Å². The van der Waals surface area contributed by atoms with Crippen molar-refractivity contribution < 1.29 is 17.5 Å². The van der Waals surface area contributed by atoms with Gasteiger partial charge in [0.05, 0.1) is 11.9 Å². The molecule has 0 unspecified atom stereocenters. The van der Waals surface area contributed by atoms with Gasteiger partial charge < -0.3 is 22.9 Å². The molecule has 0 heterocycles.